The molecule has 0 aromatic heterocycles. The molecule has 1 atom stereocenters. The SMILES string of the molecule is CC(=O)N(CCOC(=O)C1=Cc2cc(Cl)cc(C)c2O[C@@H]1C(F)(F)F)CCO[N+](=O)[O-]. The molecule has 9 nitrogen and oxygen atoms in total. The summed E-state index contributed by atoms with van der Waals surface area (Å²) < 4.78 is 50.4. The fourth-order valence-corrected chi connectivity index (χ4v) is 3.12. The molecule has 0 radical (unpaired) electrons. The Morgan fingerprint density at radius 2 is 1.94 bits per heavy atom. The third-order valence-electron chi connectivity index (χ3n) is 4.23. The van der Waals surface area contributed by atoms with Crippen LogP contribution >= 0.6 is 11.6 Å². The molecule has 1 amide bonds. The van der Waals surface area contributed by atoms with E-state index in [-0.39, 0.29) is 29.4 Å². The Bertz CT molecular complexity index is 905. The van der Waals surface area contributed by atoms with Crippen LogP contribution in [0.1, 0.15) is 18.1 Å². The minimum absolute atomic E-state index is 0.0446. The average molecular weight is 467 g/mol. The summed E-state index contributed by atoms with van der Waals surface area (Å²) in [6.45, 7) is 1.47. The highest BCUT2D eigenvalue weighted by Gasteiger charge is 2.49. The van der Waals surface area contributed by atoms with E-state index in [1.807, 2.05) is 0 Å². The van der Waals surface area contributed by atoms with Gasteiger partial charge in [0.25, 0.3) is 5.09 Å². The third-order valence-corrected chi connectivity index (χ3v) is 4.45. The lowest BCUT2D eigenvalue weighted by atomic mass is 9.99. The Balaban J connectivity index is 2.12. The van der Waals surface area contributed by atoms with Gasteiger partial charge in [0.15, 0.2) is 0 Å². The molecule has 2 rings (SSSR count). The van der Waals surface area contributed by atoms with Crippen molar-refractivity contribution in [1.29, 1.82) is 0 Å². The van der Waals surface area contributed by atoms with Gasteiger partial charge in [0.05, 0.1) is 12.1 Å². The second kappa shape index (κ2) is 9.86. The van der Waals surface area contributed by atoms with Gasteiger partial charge in [-0.05, 0) is 30.7 Å². The molecule has 1 aliphatic heterocycles. The van der Waals surface area contributed by atoms with Gasteiger partial charge in [-0.2, -0.15) is 13.2 Å². The third kappa shape index (κ3) is 6.48. The monoisotopic (exact) mass is 466 g/mol. The van der Waals surface area contributed by atoms with Crippen LogP contribution in [0.3, 0.4) is 0 Å². The van der Waals surface area contributed by atoms with Crippen molar-refractivity contribution in [3.05, 3.63) is 44.0 Å². The highest BCUT2D eigenvalue weighted by molar-refractivity contribution is 6.30. The Morgan fingerprint density at radius 3 is 2.52 bits per heavy atom. The van der Waals surface area contributed by atoms with Gasteiger partial charge in [-0.3, -0.25) is 4.79 Å². The number of rotatable bonds is 8. The number of carbonyl (C=O) groups excluding carboxylic acids is 2. The fourth-order valence-electron chi connectivity index (χ4n) is 2.84. The number of amides is 1. The lowest BCUT2D eigenvalue weighted by molar-refractivity contribution is -0.757. The number of aryl methyl sites for hydroxylation is 1. The summed E-state index contributed by atoms with van der Waals surface area (Å²) in [5.41, 5.74) is -0.207. The van der Waals surface area contributed by atoms with Crippen molar-refractivity contribution in [2.75, 3.05) is 26.3 Å². The maximum absolute atomic E-state index is 13.5. The van der Waals surface area contributed by atoms with Crippen LogP contribution in [0.25, 0.3) is 6.08 Å². The number of hydrogen-bond acceptors (Lipinski definition) is 7. The summed E-state index contributed by atoms with van der Waals surface area (Å²) in [4.78, 5) is 39.3. The molecule has 0 unspecified atom stereocenters. The van der Waals surface area contributed by atoms with Crippen LogP contribution in [-0.4, -0.2) is 60.4 Å². The van der Waals surface area contributed by atoms with Crippen molar-refractivity contribution in [1.82, 2.24) is 4.90 Å². The fraction of sp³-hybridized carbons (Fsp3) is 0.444. The second-order valence-electron chi connectivity index (χ2n) is 6.48. The molecular weight excluding hydrogens is 449 g/mol. The van der Waals surface area contributed by atoms with Crippen LogP contribution in [0.5, 0.6) is 5.75 Å². The van der Waals surface area contributed by atoms with Gasteiger partial charge in [0, 0.05) is 24.1 Å². The predicted octanol–water partition coefficient (Wildman–Crippen LogP) is 2.96. The van der Waals surface area contributed by atoms with E-state index in [2.05, 4.69) is 4.84 Å². The molecular formula is C18H18ClF3N2O7. The minimum atomic E-state index is -4.89. The topological polar surface area (TPSA) is 108 Å². The van der Waals surface area contributed by atoms with Crippen molar-refractivity contribution in [3.8, 4) is 5.75 Å². The van der Waals surface area contributed by atoms with Crippen LogP contribution in [0.2, 0.25) is 5.02 Å². The molecule has 0 fully saturated rings. The van der Waals surface area contributed by atoms with Crippen LogP contribution in [0.4, 0.5) is 13.2 Å². The maximum Gasteiger partial charge on any atom is 0.430 e. The second-order valence-corrected chi connectivity index (χ2v) is 6.92. The summed E-state index contributed by atoms with van der Waals surface area (Å²) in [6, 6.07) is 2.79. The summed E-state index contributed by atoms with van der Waals surface area (Å²) in [7, 11) is 0. The van der Waals surface area contributed by atoms with E-state index in [1.165, 1.54) is 26.0 Å². The predicted molar refractivity (Wildman–Crippen MR) is 101 cm³/mol. The molecule has 1 heterocycles. The molecule has 0 bridgehead atoms. The largest absolute Gasteiger partial charge is 0.475 e. The van der Waals surface area contributed by atoms with Crippen molar-refractivity contribution >= 4 is 29.6 Å². The number of halogens is 4. The summed E-state index contributed by atoms with van der Waals surface area (Å²) >= 11 is 5.93. The summed E-state index contributed by atoms with van der Waals surface area (Å²) in [6.07, 6.45) is -6.42. The Labute approximate surface area is 179 Å². The summed E-state index contributed by atoms with van der Waals surface area (Å²) in [5, 5.41) is 9.39. The zero-order valence-electron chi connectivity index (χ0n) is 16.4. The molecule has 0 spiro atoms. The first kappa shape index (κ1) is 24.3. The van der Waals surface area contributed by atoms with Crippen molar-refractivity contribution in [3.63, 3.8) is 0 Å². The van der Waals surface area contributed by atoms with Crippen LogP contribution in [0, 0.1) is 17.0 Å². The van der Waals surface area contributed by atoms with Gasteiger partial charge in [-0.15, -0.1) is 10.1 Å². The van der Waals surface area contributed by atoms with Crippen molar-refractivity contribution in [2.24, 2.45) is 0 Å². The number of ether oxygens (including phenoxy) is 2. The smallest absolute Gasteiger partial charge is 0.430 e. The molecule has 31 heavy (non-hydrogen) atoms. The molecule has 1 aliphatic rings. The first-order valence-corrected chi connectivity index (χ1v) is 9.23. The van der Waals surface area contributed by atoms with E-state index in [1.54, 1.807) is 0 Å². The zero-order valence-corrected chi connectivity index (χ0v) is 17.2. The number of alkyl halides is 3. The normalized spacial score (nSPS) is 15.3. The van der Waals surface area contributed by atoms with Gasteiger partial charge >= 0.3 is 12.1 Å². The first-order chi connectivity index (χ1) is 14.4. The van der Waals surface area contributed by atoms with E-state index in [9.17, 15) is 32.9 Å². The molecule has 13 heteroatoms. The highest BCUT2D eigenvalue weighted by atomic mass is 35.5. The number of fused-ring (bicyclic) bond motifs is 1. The van der Waals surface area contributed by atoms with Crippen LogP contribution < -0.4 is 4.74 Å². The van der Waals surface area contributed by atoms with E-state index >= 15 is 0 Å². The van der Waals surface area contributed by atoms with Crippen LogP contribution in [-0.2, 0) is 19.2 Å². The molecule has 1 aromatic rings. The van der Waals surface area contributed by atoms with Gasteiger partial charge in [0.1, 0.15) is 19.0 Å². The zero-order chi connectivity index (χ0) is 23.3. The van der Waals surface area contributed by atoms with Crippen molar-refractivity contribution in [2.45, 2.75) is 26.1 Å². The maximum atomic E-state index is 13.5. The molecule has 0 N–H and O–H groups in total. The lowest BCUT2D eigenvalue weighted by Gasteiger charge is -2.29. The van der Waals surface area contributed by atoms with Gasteiger partial charge in [-0.25, -0.2) is 4.79 Å². The lowest BCUT2D eigenvalue weighted by Crippen LogP contribution is -2.41. The van der Waals surface area contributed by atoms with Gasteiger partial charge < -0.3 is 19.2 Å². The summed E-state index contributed by atoms with van der Waals surface area (Å²) in [5.74, 6) is -1.82. The number of benzene rings is 1. The minimum Gasteiger partial charge on any atom is -0.475 e. The molecule has 0 saturated heterocycles. The quantitative estimate of drug-likeness (QED) is 0.329. The Kier molecular flexibility index (Phi) is 7.71. The molecule has 170 valence electrons. The number of hydrogen-bond donors (Lipinski definition) is 0. The van der Waals surface area contributed by atoms with Crippen LogP contribution in [0.15, 0.2) is 17.7 Å². The van der Waals surface area contributed by atoms with E-state index in [4.69, 9.17) is 21.1 Å². The van der Waals surface area contributed by atoms with Gasteiger partial charge in [-0.1, -0.05) is 11.6 Å². The van der Waals surface area contributed by atoms with Gasteiger partial charge in [0.2, 0.25) is 12.0 Å². The first-order valence-electron chi connectivity index (χ1n) is 8.85. The Hall–Kier alpha value is -3.02. The Morgan fingerprint density at radius 1 is 1.29 bits per heavy atom. The molecule has 1 aromatic carbocycles. The number of carbonyl (C=O) groups is 2. The average Bonchev–Trinajstić information content (AvgIpc) is 2.64. The number of esters is 1. The van der Waals surface area contributed by atoms with Crippen molar-refractivity contribution < 1.29 is 42.2 Å². The molecule has 0 saturated carbocycles. The van der Waals surface area contributed by atoms with E-state index < -0.39 is 48.0 Å². The number of nitrogens with zero attached hydrogens (tertiary/aromatic N) is 2. The standard InChI is InChI=1S/C18H18ClF3N2O7/c1-10-7-13(19)8-12-9-14(16(18(20,21)22)31-15(10)12)17(26)29-5-3-23(11(2)25)4-6-30-24(27)28/h7-9,16H,3-6H2,1-2H3/t16-/m0/s1. The molecule has 0 aliphatic carbocycles. The van der Waals surface area contributed by atoms with E-state index in [0.29, 0.717) is 5.56 Å². The van der Waals surface area contributed by atoms with E-state index in [0.717, 1.165) is 11.0 Å². The highest BCUT2D eigenvalue weighted by Crippen LogP contribution is 2.40.